The molecule has 0 spiro atoms. The number of anilines is 1. The van der Waals surface area contributed by atoms with E-state index in [0.29, 0.717) is 12.1 Å². The first-order valence-corrected chi connectivity index (χ1v) is 5.17. The molecule has 1 aromatic carbocycles. The SMILES string of the molecule is CCCC(C#N)C(=O)Nc1ccccc1O. The molecule has 84 valence electrons. The number of phenolic OH excluding ortho intramolecular Hbond substituents is 1. The van der Waals surface area contributed by atoms with Crippen LogP contribution in [0, 0.1) is 17.2 Å². The van der Waals surface area contributed by atoms with Gasteiger partial charge in [0.15, 0.2) is 0 Å². The van der Waals surface area contributed by atoms with Crippen LogP contribution < -0.4 is 5.32 Å². The maximum atomic E-state index is 11.6. The van der Waals surface area contributed by atoms with Crippen LogP contribution in [0.4, 0.5) is 5.69 Å². The van der Waals surface area contributed by atoms with Gasteiger partial charge in [-0.1, -0.05) is 25.5 Å². The molecule has 0 aliphatic heterocycles. The van der Waals surface area contributed by atoms with Crippen molar-refractivity contribution in [1.29, 1.82) is 5.26 Å². The van der Waals surface area contributed by atoms with Crippen molar-refractivity contribution < 1.29 is 9.90 Å². The van der Waals surface area contributed by atoms with Crippen molar-refractivity contribution >= 4 is 11.6 Å². The number of para-hydroxylation sites is 2. The zero-order valence-corrected chi connectivity index (χ0v) is 9.10. The van der Waals surface area contributed by atoms with Gasteiger partial charge >= 0.3 is 0 Å². The number of hydrogen-bond donors (Lipinski definition) is 2. The Morgan fingerprint density at radius 1 is 1.56 bits per heavy atom. The fourth-order valence-corrected chi connectivity index (χ4v) is 1.34. The Morgan fingerprint density at radius 3 is 2.81 bits per heavy atom. The second-order valence-corrected chi connectivity index (χ2v) is 3.48. The average Bonchev–Trinajstić information content (AvgIpc) is 2.29. The third-order valence-electron chi connectivity index (χ3n) is 2.21. The summed E-state index contributed by atoms with van der Waals surface area (Å²) < 4.78 is 0. The molecule has 0 saturated carbocycles. The van der Waals surface area contributed by atoms with E-state index < -0.39 is 5.92 Å². The summed E-state index contributed by atoms with van der Waals surface area (Å²) in [6.45, 7) is 1.91. The molecule has 4 heteroatoms. The molecule has 0 aliphatic carbocycles. The molecule has 0 heterocycles. The predicted octanol–water partition coefficient (Wildman–Crippen LogP) is 2.27. The molecule has 0 saturated heterocycles. The van der Waals surface area contributed by atoms with Gasteiger partial charge in [0.2, 0.25) is 5.91 Å². The van der Waals surface area contributed by atoms with Gasteiger partial charge in [0.1, 0.15) is 11.7 Å². The van der Waals surface area contributed by atoms with Gasteiger partial charge < -0.3 is 10.4 Å². The largest absolute Gasteiger partial charge is 0.506 e. The topological polar surface area (TPSA) is 73.1 Å². The van der Waals surface area contributed by atoms with Crippen molar-refractivity contribution in [2.24, 2.45) is 5.92 Å². The van der Waals surface area contributed by atoms with E-state index in [4.69, 9.17) is 5.26 Å². The lowest BCUT2D eigenvalue weighted by Crippen LogP contribution is -2.21. The highest BCUT2D eigenvalue weighted by Crippen LogP contribution is 2.22. The molecular formula is C12H14N2O2. The molecule has 0 bridgehead atoms. The normalized spacial score (nSPS) is 11.5. The van der Waals surface area contributed by atoms with Crippen molar-refractivity contribution in [3.05, 3.63) is 24.3 Å². The zero-order valence-electron chi connectivity index (χ0n) is 9.10. The van der Waals surface area contributed by atoms with E-state index >= 15 is 0 Å². The molecular weight excluding hydrogens is 204 g/mol. The van der Waals surface area contributed by atoms with Gasteiger partial charge in [0.05, 0.1) is 11.8 Å². The maximum absolute atomic E-state index is 11.6. The quantitative estimate of drug-likeness (QED) is 0.761. The third kappa shape index (κ3) is 2.99. The van der Waals surface area contributed by atoms with E-state index in [-0.39, 0.29) is 11.7 Å². The molecule has 0 aliphatic rings. The van der Waals surface area contributed by atoms with Crippen molar-refractivity contribution in [1.82, 2.24) is 0 Å². The summed E-state index contributed by atoms with van der Waals surface area (Å²) in [6, 6.07) is 8.39. The Labute approximate surface area is 94.5 Å². The second kappa shape index (κ2) is 5.76. The standard InChI is InChI=1S/C12H14N2O2/c1-2-5-9(8-13)12(16)14-10-6-3-4-7-11(10)15/h3-4,6-7,9,15H,2,5H2,1H3,(H,14,16). The number of benzene rings is 1. The monoisotopic (exact) mass is 218 g/mol. The Hall–Kier alpha value is -2.02. The minimum atomic E-state index is -0.662. The second-order valence-electron chi connectivity index (χ2n) is 3.48. The molecule has 16 heavy (non-hydrogen) atoms. The average molecular weight is 218 g/mol. The number of carbonyl (C=O) groups is 1. The van der Waals surface area contributed by atoms with Crippen LogP contribution in [-0.2, 0) is 4.79 Å². The van der Waals surface area contributed by atoms with Crippen LogP contribution in [-0.4, -0.2) is 11.0 Å². The fourth-order valence-electron chi connectivity index (χ4n) is 1.34. The van der Waals surface area contributed by atoms with E-state index in [2.05, 4.69) is 5.32 Å². The van der Waals surface area contributed by atoms with E-state index in [1.807, 2.05) is 13.0 Å². The summed E-state index contributed by atoms with van der Waals surface area (Å²) in [5.41, 5.74) is 0.337. The highest BCUT2D eigenvalue weighted by molar-refractivity contribution is 5.95. The van der Waals surface area contributed by atoms with Crippen LogP contribution in [0.5, 0.6) is 5.75 Å². The smallest absolute Gasteiger partial charge is 0.241 e. The molecule has 1 rings (SSSR count). The van der Waals surface area contributed by atoms with E-state index in [1.165, 1.54) is 6.07 Å². The number of nitrogens with zero attached hydrogens (tertiary/aromatic N) is 1. The van der Waals surface area contributed by atoms with Gasteiger partial charge in [0.25, 0.3) is 0 Å². The van der Waals surface area contributed by atoms with Crippen molar-refractivity contribution in [2.75, 3.05) is 5.32 Å². The molecule has 1 unspecified atom stereocenters. The van der Waals surface area contributed by atoms with Crippen molar-refractivity contribution in [3.63, 3.8) is 0 Å². The lowest BCUT2D eigenvalue weighted by Gasteiger charge is -2.10. The van der Waals surface area contributed by atoms with Gasteiger partial charge in [-0.3, -0.25) is 4.79 Å². The highest BCUT2D eigenvalue weighted by Gasteiger charge is 2.17. The summed E-state index contributed by atoms with van der Waals surface area (Å²) in [5, 5.41) is 20.8. The molecule has 0 aromatic heterocycles. The number of nitrogens with one attached hydrogen (secondary N) is 1. The number of rotatable bonds is 4. The molecule has 4 nitrogen and oxygen atoms in total. The first-order valence-electron chi connectivity index (χ1n) is 5.17. The van der Waals surface area contributed by atoms with Crippen LogP contribution in [0.3, 0.4) is 0 Å². The molecule has 2 N–H and O–H groups in total. The van der Waals surface area contributed by atoms with Gasteiger partial charge in [-0.25, -0.2) is 0 Å². The first kappa shape index (κ1) is 12.1. The molecule has 1 aromatic rings. The number of amides is 1. The number of hydrogen-bond acceptors (Lipinski definition) is 3. The lowest BCUT2D eigenvalue weighted by molar-refractivity contribution is -0.118. The van der Waals surface area contributed by atoms with E-state index in [9.17, 15) is 9.90 Å². The number of nitriles is 1. The summed E-state index contributed by atoms with van der Waals surface area (Å²) in [7, 11) is 0. The van der Waals surface area contributed by atoms with Gasteiger partial charge in [-0.15, -0.1) is 0 Å². The maximum Gasteiger partial charge on any atom is 0.241 e. The van der Waals surface area contributed by atoms with Crippen LogP contribution in [0.2, 0.25) is 0 Å². The molecule has 1 amide bonds. The summed E-state index contributed by atoms with van der Waals surface area (Å²) in [4.78, 5) is 11.6. The Bertz CT molecular complexity index is 410. The molecule has 1 atom stereocenters. The van der Waals surface area contributed by atoms with Crippen molar-refractivity contribution in [3.8, 4) is 11.8 Å². The van der Waals surface area contributed by atoms with Crippen LogP contribution >= 0.6 is 0 Å². The van der Waals surface area contributed by atoms with Crippen LogP contribution in [0.15, 0.2) is 24.3 Å². The summed E-state index contributed by atoms with van der Waals surface area (Å²) in [6.07, 6.45) is 1.29. The van der Waals surface area contributed by atoms with E-state index in [1.54, 1.807) is 18.2 Å². The van der Waals surface area contributed by atoms with Gasteiger partial charge in [-0.2, -0.15) is 5.26 Å². The number of aromatic hydroxyl groups is 1. The van der Waals surface area contributed by atoms with Crippen molar-refractivity contribution in [2.45, 2.75) is 19.8 Å². The summed E-state index contributed by atoms with van der Waals surface area (Å²) >= 11 is 0. The first-order chi connectivity index (χ1) is 7.69. The lowest BCUT2D eigenvalue weighted by atomic mass is 10.0. The van der Waals surface area contributed by atoms with Gasteiger partial charge in [0, 0.05) is 0 Å². The Morgan fingerprint density at radius 2 is 2.25 bits per heavy atom. The highest BCUT2D eigenvalue weighted by atomic mass is 16.3. The fraction of sp³-hybridized carbons (Fsp3) is 0.333. The van der Waals surface area contributed by atoms with Gasteiger partial charge in [-0.05, 0) is 18.6 Å². The van der Waals surface area contributed by atoms with Crippen LogP contribution in [0.25, 0.3) is 0 Å². The number of carbonyl (C=O) groups excluding carboxylic acids is 1. The van der Waals surface area contributed by atoms with Crippen LogP contribution in [0.1, 0.15) is 19.8 Å². The zero-order chi connectivity index (χ0) is 12.0. The molecule has 0 radical (unpaired) electrons. The minimum absolute atomic E-state index is 0.00374. The Kier molecular flexibility index (Phi) is 4.34. The Balaban J connectivity index is 2.71. The number of phenols is 1. The summed E-state index contributed by atoms with van der Waals surface area (Å²) in [5.74, 6) is -1.03. The predicted molar refractivity (Wildman–Crippen MR) is 60.7 cm³/mol. The minimum Gasteiger partial charge on any atom is -0.506 e. The molecule has 0 fully saturated rings. The van der Waals surface area contributed by atoms with E-state index in [0.717, 1.165) is 6.42 Å². The third-order valence-corrected chi connectivity index (χ3v) is 2.21.